The number of halogens is 2. The average molecular weight is 401 g/mol. The number of piperidine rings is 1. The molecule has 0 aromatic carbocycles. The van der Waals surface area contributed by atoms with Crippen LogP contribution in [-0.2, 0) is 9.53 Å². The van der Waals surface area contributed by atoms with Gasteiger partial charge in [0.05, 0.1) is 5.38 Å². The van der Waals surface area contributed by atoms with Crippen LogP contribution in [0, 0.1) is 17.3 Å². The smallest absolute Gasteiger partial charge is 0.248 e. The number of carbonyl (C=O) groups excluding carboxylic acids is 1. The Morgan fingerprint density at radius 1 is 1.30 bits per heavy atom. The van der Waals surface area contributed by atoms with E-state index in [1.165, 1.54) is 32.1 Å². The third-order valence-electron chi connectivity index (χ3n) is 8.14. The molecule has 0 aromatic heterocycles. The standard InChI is InChI=1S/C21H34ClFN2O2/c1-13-10-17-15(11-25(13)18(26)12-27-2)21(14-6-4-3-5-7-14)9-8-16(22)19(23)20(21)24-17/h13-17,19-20,24H,3-12H2,1-2H3/t13-,15?,16?,17?,19?,20?,21?/m1/s1. The molecule has 27 heavy (non-hydrogen) atoms. The molecular weight excluding hydrogens is 367 g/mol. The maximum absolute atomic E-state index is 15.4. The Hall–Kier alpha value is -0.390. The second-order valence-corrected chi connectivity index (χ2v) is 9.93. The highest BCUT2D eigenvalue weighted by molar-refractivity contribution is 6.21. The van der Waals surface area contributed by atoms with Gasteiger partial charge in [0, 0.05) is 31.8 Å². The van der Waals surface area contributed by atoms with Crippen molar-refractivity contribution in [2.45, 2.75) is 88.0 Å². The molecule has 4 fully saturated rings. The zero-order chi connectivity index (χ0) is 19.2. The Morgan fingerprint density at radius 3 is 2.74 bits per heavy atom. The highest BCUT2D eigenvalue weighted by Crippen LogP contribution is 2.59. The minimum atomic E-state index is -0.994. The summed E-state index contributed by atoms with van der Waals surface area (Å²) in [5.74, 6) is 0.937. The first kappa shape index (κ1) is 19.9. The molecule has 0 spiro atoms. The van der Waals surface area contributed by atoms with Crippen molar-refractivity contribution in [3.8, 4) is 0 Å². The highest BCUT2D eigenvalue weighted by atomic mass is 35.5. The largest absolute Gasteiger partial charge is 0.375 e. The van der Waals surface area contributed by atoms with E-state index in [0.717, 1.165) is 25.8 Å². The van der Waals surface area contributed by atoms with E-state index >= 15 is 4.39 Å². The van der Waals surface area contributed by atoms with Crippen LogP contribution in [0.5, 0.6) is 0 Å². The van der Waals surface area contributed by atoms with Crippen LogP contribution < -0.4 is 5.32 Å². The van der Waals surface area contributed by atoms with Gasteiger partial charge in [-0.05, 0) is 56.3 Å². The second-order valence-electron chi connectivity index (χ2n) is 9.37. The molecule has 6 heteroatoms. The number of methoxy groups -OCH3 is 1. The maximum Gasteiger partial charge on any atom is 0.248 e. The molecule has 7 atom stereocenters. The first-order valence-corrected chi connectivity index (χ1v) is 11.2. The molecule has 4 aliphatic rings. The summed E-state index contributed by atoms with van der Waals surface area (Å²) in [6.07, 6.45) is 7.84. The number of hydrogen-bond acceptors (Lipinski definition) is 3. The minimum Gasteiger partial charge on any atom is -0.375 e. The summed E-state index contributed by atoms with van der Waals surface area (Å²) in [5.41, 5.74) is -0.0539. The Kier molecular flexibility index (Phi) is 5.75. The maximum atomic E-state index is 15.4. The number of nitrogens with zero attached hydrogens (tertiary/aromatic N) is 1. The minimum absolute atomic E-state index is 0.0539. The molecule has 2 heterocycles. The molecule has 4 rings (SSSR count). The van der Waals surface area contributed by atoms with Crippen molar-refractivity contribution in [1.82, 2.24) is 10.2 Å². The fourth-order valence-corrected chi connectivity index (χ4v) is 7.22. The van der Waals surface area contributed by atoms with Gasteiger partial charge < -0.3 is 15.0 Å². The summed E-state index contributed by atoms with van der Waals surface area (Å²) in [5, 5.41) is 3.32. The van der Waals surface area contributed by atoms with Gasteiger partial charge in [-0.25, -0.2) is 4.39 Å². The molecule has 2 aliphatic carbocycles. The third-order valence-corrected chi connectivity index (χ3v) is 8.60. The van der Waals surface area contributed by atoms with Crippen molar-refractivity contribution >= 4 is 17.5 Å². The Balaban J connectivity index is 1.66. The predicted molar refractivity (Wildman–Crippen MR) is 105 cm³/mol. The number of rotatable bonds is 3. The van der Waals surface area contributed by atoms with E-state index in [4.69, 9.17) is 16.3 Å². The van der Waals surface area contributed by atoms with Crippen LogP contribution in [0.25, 0.3) is 0 Å². The molecule has 0 bridgehead atoms. The fourth-order valence-electron chi connectivity index (χ4n) is 6.96. The van der Waals surface area contributed by atoms with E-state index in [-0.39, 0.29) is 35.4 Å². The Labute approximate surface area is 167 Å². The number of likely N-dealkylation sites (tertiary alicyclic amines) is 1. The molecule has 2 aliphatic heterocycles. The number of alkyl halides is 2. The molecule has 4 nitrogen and oxygen atoms in total. The van der Waals surface area contributed by atoms with E-state index in [9.17, 15) is 4.79 Å². The van der Waals surface area contributed by atoms with Gasteiger partial charge in [0.1, 0.15) is 12.8 Å². The molecule has 2 saturated carbocycles. The van der Waals surface area contributed by atoms with E-state index in [0.29, 0.717) is 17.9 Å². The molecule has 0 aromatic rings. The number of ether oxygens (including phenoxy) is 1. The van der Waals surface area contributed by atoms with Gasteiger partial charge in [-0.15, -0.1) is 11.6 Å². The van der Waals surface area contributed by atoms with Crippen LogP contribution in [0.4, 0.5) is 4.39 Å². The fraction of sp³-hybridized carbons (Fsp3) is 0.952. The Bertz CT molecular complexity index is 558. The molecular formula is C21H34ClFN2O2. The number of amides is 1. The first-order valence-electron chi connectivity index (χ1n) is 10.8. The van der Waals surface area contributed by atoms with Crippen LogP contribution >= 0.6 is 11.6 Å². The van der Waals surface area contributed by atoms with Gasteiger partial charge >= 0.3 is 0 Å². The van der Waals surface area contributed by atoms with Gasteiger partial charge in [-0.2, -0.15) is 0 Å². The quantitative estimate of drug-likeness (QED) is 0.737. The Morgan fingerprint density at radius 2 is 2.04 bits per heavy atom. The van der Waals surface area contributed by atoms with Crippen molar-refractivity contribution in [3.05, 3.63) is 0 Å². The van der Waals surface area contributed by atoms with Crippen LogP contribution in [0.15, 0.2) is 0 Å². The average Bonchev–Trinajstić information content (AvgIpc) is 3.00. The van der Waals surface area contributed by atoms with Gasteiger partial charge in [0.15, 0.2) is 0 Å². The number of carbonyl (C=O) groups is 1. The molecule has 1 amide bonds. The second kappa shape index (κ2) is 7.79. The van der Waals surface area contributed by atoms with Crippen LogP contribution in [-0.4, -0.2) is 60.7 Å². The molecule has 6 unspecified atom stereocenters. The molecule has 1 N–H and O–H groups in total. The lowest BCUT2D eigenvalue weighted by molar-refractivity contribution is -0.142. The van der Waals surface area contributed by atoms with E-state index in [1.54, 1.807) is 7.11 Å². The molecule has 2 saturated heterocycles. The lowest BCUT2D eigenvalue weighted by Gasteiger charge is -2.54. The molecule has 0 radical (unpaired) electrons. The van der Waals surface area contributed by atoms with E-state index in [2.05, 4.69) is 12.2 Å². The van der Waals surface area contributed by atoms with Crippen LogP contribution in [0.1, 0.15) is 58.3 Å². The zero-order valence-corrected chi connectivity index (χ0v) is 17.4. The van der Waals surface area contributed by atoms with Crippen LogP contribution in [0.2, 0.25) is 0 Å². The van der Waals surface area contributed by atoms with Crippen molar-refractivity contribution in [1.29, 1.82) is 0 Å². The summed E-state index contributed by atoms with van der Waals surface area (Å²) in [6.45, 7) is 2.97. The highest BCUT2D eigenvalue weighted by Gasteiger charge is 2.64. The number of nitrogens with one attached hydrogen (secondary N) is 1. The zero-order valence-electron chi connectivity index (χ0n) is 16.6. The summed E-state index contributed by atoms with van der Waals surface area (Å²) in [7, 11) is 1.57. The van der Waals surface area contributed by atoms with Crippen molar-refractivity contribution in [2.75, 3.05) is 20.3 Å². The third kappa shape index (κ3) is 3.22. The summed E-state index contributed by atoms with van der Waals surface area (Å²) in [4.78, 5) is 14.6. The van der Waals surface area contributed by atoms with Gasteiger partial charge in [0.2, 0.25) is 5.91 Å². The topological polar surface area (TPSA) is 41.6 Å². The van der Waals surface area contributed by atoms with E-state index in [1.807, 2.05) is 4.90 Å². The SMILES string of the molecule is COCC(=O)N1CC2C(C[C@H]1C)NC1C(F)C(Cl)CCC21C1CCCCC1. The predicted octanol–water partition coefficient (Wildman–Crippen LogP) is 3.52. The van der Waals surface area contributed by atoms with Gasteiger partial charge in [-0.3, -0.25) is 4.79 Å². The first-order chi connectivity index (χ1) is 13.0. The van der Waals surface area contributed by atoms with Crippen molar-refractivity contribution in [3.63, 3.8) is 0 Å². The van der Waals surface area contributed by atoms with Crippen molar-refractivity contribution < 1.29 is 13.9 Å². The lowest BCUT2D eigenvalue weighted by atomic mass is 9.54. The lowest BCUT2D eigenvalue weighted by Crippen LogP contribution is -2.59. The number of fused-ring (bicyclic) bond motifs is 3. The summed E-state index contributed by atoms with van der Waals surface area (Å²) in [6, 6.07) is 0.296. The van der Waals surface area contributed by atoms with Gasteiger partial charge in [-0.1, -0.05) is 19.3 Å². The van der Waals surface area contributed by atoms with Crippen molar-refractivity contribution in [2.24, 2.45) is 17.3 Å². The summed E-state index contributed by atoms with van der Waals surface area (Å²) < 4.78 is 20.5. The van der Waals surface area contributed by atoms with E-state index < -0.39 is 6.17 Å². The molecule has 154 valence electrons. The summed E-state index contributed by atoms with van der Waals surface area (Å²) >= 11 is 6.38. The van der Waals surface area contributed by atoms with Crippen LogP contribution in [0.3, 0.4) is 0 Å². The normalized spacial score (nSPS) is 45.4. The monoisotopic (exact) mass is 400 g/mol. The van der Waals surface area contributed by atoms with Gasteiger partial charge in [0.25, 0.3) is 0 Å². The number of hydrogen-bond donors (Lipinski definition) is 1.